The monoisotopic (exact) mass is 262 g/mol. The molecule has 3 atom stereocenters. The van der Waals surface area contributed by atoms with E-state index in [1.54, 1.807) is 18.7 Å². The van der Waals surface area contributed by atoms with E-state index in [1.807, 2.05) is 13.2 Å². The fourth-order valence-electron chi connectivity index (χ4n) is 1.32. The van der Waals surface area contributed by atoms with Gasteiger partial charge in [-0.1, -0.05) is 20.3 Å². The van der Waals surface area contributed by atoms with Crippen molar-refractivity contribution in [1.29, 1.82) is 0 Å². The number of hydrogen-bond acceptors (Lipinski definition) is 4. The summed E-state index contributed by atoms with van der Waals surface area (Å²) in [4.78, 5) is 22.7. The molecule has 0 saturated carbocycles. The van der Waals surface area contributed by atoms with Crippen LogP contribution in [0.25, 0.3) is 0 Å². The molecular weight excluding hydrogens is 240 g/mol. The molecule has 100 valence electrons. The number of thioether (sulfide) groups is 1. The molecule has 0 heterocycles. The van der Waals surface area contributed by atoms with Crippen LogP contribution in [-0.4, -0.2) is 41.1 Å². The number of aliphatic carboxylic acids is 1. The number of hydrogen-bond donors (Lipinski definition) is 3. The predicted molar refractivity (Wildman–Crippen MR) is 70.0 cm³/mol. The second-order valence-corrected chi connectivity index (χ2v) is 5.08. The quantitative estimate of drug-likeness (QED) is 0.598. The highest BCUT2D eigenvalue weighted by molar-refractivity contribution is 7.98. The second-order valence-electron chi connectivity index (χ2n) is 4.10. The molecule has 17 heavy (non-hydrogen) atoms. The summed E-state index contributed by atoms with van der Waals surface area (Å²) < 4.78 is 0. The summed E-state index contributed by atoms with van der Waals surface area (Å²) in [5.74, 6) is -0.712. The molecular formula is C11H22N2O3S. The molecule has 0 unspecified atom stereocenters. The van der Waals surface area contributed by atoms with Crippen LogP contribution < -0.4 is 11.1 Å². The van der Waals surface area contributed by atoms with E-state index in [0.717, 1.165) is 5.75 Å². The molecule has 0 spiro atoms. The van der Waals surface area contributed by atoms with Crippen LogP contribution in [-0.2, 0) is 9.59 Å². The molecule has 1 amide bonds. The van der Waals surface area contributed by atoms with Crippen molar-refractivity contribution >= 4 is 23.6 Å². The Kier molecular flexibility index (Phi) is 7.99. The number of amides is 1. The van der Waals surface area contributed by atoms with Crippen LogP contribution in [0.4, 0.5) is 0 Å². The number of nitrogens with one attached hydrogen (secondary N) is 1. The predicted octanol–water partition coefficient (Wildman–Crippen LogP) is 0.682. The molecule has 0 aromatic carbocycles. The molecule has 0 saturated heterocycles. The summed E-state index contributed by atoms with van der Waals surface area (Å²) in [7, 11) is 0. The summed E-state index contributed by atoms with van der Waals surface area (Å²) in [6.07, 6.45) is 3.18. The van der Waals surface area contributed by atoms with Gasteiger partial charge >= 0.3 is 5.97 Å². The van der Waals surface area contributed by atoms with E-state index < -0.39 is 18.1 Å². The van der Waals surface area contributed by atoms with Crippen molar-refractivity contribution in [3.8, 4) is 0 Å². The Bertz CT molecular complexity index is 261. The van der Waals surface area contributed by atoms with Gasteiger partial charge in [-0.3, -0.25) is 4.79 Å². The maximum atomic E-state index is 11.7. The summed E-state index contributed by atoms with van der Waals surface area (Å²) >= 11 is 1.61. The first-order valence-electron chi connectivity index (χ1n) is 5.71. The maximum absolute atomic E-state index is 11.7. The van der Waals surface area contributed by atoms with Crippen molar-refractivity contribution in [2.75, 3.05) is 12.0 Å². The Morgan fingerprint density at radius 2 is 2.06 bits per heavy atom. The van der Waals surface area contributed by atoms with Gasteiger partial charge < -0.3 is 16.2 Å². The third kappa shape index (κ3) is 5.93. The molecule has 0 aliphatic heterocycles. The normalized spacial score (nSPS) is 16.0. The van der Waals surface area contributed by atoms with Crippen molar-refractivity contribution in [2.24, 2.45) is 11.7 Å². The zero-order valence-corrected chi connectivity index (χ0v) is 11.4. The number of carboxylic acid groups (broad SMARTS) is 1. The van der Waals surface area contributed by atoms with Crippen LogP contribution in [0.5, 0.6) is 0 Å². The molecule has 0 fully saturated rings. The minimum atomic E-state index is -1.01. The van der Waals surface area contributed by atoms with Gasteiger partial charge in [0.2, 0.25) is 5.91 Å². The SMILES string of the molecule is CC[C@@H](C)[C@H](NC(=O)[C@@H](N)CCSC)C(=O)O. The van der Waals surface area contributed by atoms with E-state index in [-0.39, 0.29) is 11.8 Å². The molecule has 0 aliphatic rings. The lowest BCUT2D eigenvalue weighted by atomic mass is 9.99. The van der Waals surface area contributed by atoms with Crippen LogP contribution in [0.15, 0.2) is 0 Å². The molecule has 0 radical (unpaired) electrons. The molecule has 0 aliphatic carbocycles. The van der Waals surface area contributed by atoms with E-state index >= 15 is 0 Å². The number of carbonyl (C=O) groups excluding carboxylic acids is 1. The largest absolute Gasteiger partial charge is 0.480 e. The third-order valence-corrected chi connectivity index (χ3v) is 3.39. The molecule has 0 aromatic rings. The van der Waals surface area contributed by atoms with Gasteiger partial charge in [0.25, 0.3) is 0 Å². The molecule has 5 nitrogen and oxygen atoms in total. The Hall–Kier alpha value is -0.750. The average molecular weight is 262 g/mol. The van der Waals surface area contributed by atoms with Crippen LogP contribution in [0.2, 0.25) is 0 Å². The smallest absolute Gasteiger partial charge is 0.326 e. The molecule has 4 N–H and O–H groups in total. The van der Waals surface area contributed by atoms with E-state index in [0.29, 0.717) is 12.8 Å². The highest BCUT2D eigenvalue weighted by atomic mass is 32.2. The van der Waals surface area contributed by atoms with Crippen molar-refractivity contribution in [1.82, 2.24) is 5.32 Å². The first-order chi connectivity index (χ1) is 7.93. The first kappa shape index (κ1) is 16.2. The van der Waals surface area contributed by atoms with Gasteiger partial charge in [-0.2, -0.15) is 11.8 Å². The lowest BCUT2D eigenvalue weighted by molar-refractivity contribution is -0.143. The van der Waals surface area contributed by atoms with Gasteiger partial charge in [0.05, 0.1) is 6.04 Å². The van der Waals surface area contributed by atoms with Gasteiger partial charge in [0, 0.05) is 0 Å². The van der Waals surface area contributed by atoms with E-state index in [4.69, 9.17) is 10.8 Å². The Morgan fingerprint density at radius 1 is 1.47 bits per heavy atom. The van der Waals surface area contributed by atoms with E-state index in [2.05, 4.69) is 5.32 Å². The lowest BCUT2D eigenvalue weighted by Gasteiger charge is -2.22. The number of nitrogens with two attached hydrogens (primary N) is 1. The van der Waals surface area contributed by atoms with Gasteiger partial charge in [-0.15, -0.1) is 0 Å². The number of rotatable bonds is 8. The fourth-order valence-corrected chi connectivity index (χ4v) is 1.81. The van der Waals surface area contributed by atoms with Gasteiger partial charge in [-0.05, 0) is 24.3 Å². The first-order valence-corrected chi connectivity index (χ1v) is 7.11. The summed E-state index contributed by atoms with van der Waals surface area (Å²) in [5, 5.41) is 11.5. The van der Waals surface area contributed by atoms with Crippen molar-refractivity contribution < 1.29 is 14.7 Å². The highest BCUT2D eigenvalue weighted by Crippen LogP contribution is 2.08. The number of carboxylic acids is 1. The average Bonchev–Trinajstić information content (AvgIpc) is 2.31. The number of carbonyl (C=O) groups is 2. The Balaban J connectivity index is 4.35. The summed E-state index contributed by atoms with van der Waals surface area (Å²) in [6, 6.07) is -1.49. The van der Waals surface area contributed by atoms with Crippen molar-refractivity contribution in [2.45, 2.75) is 38.8 Å². The Morgan fingerprint density at radius 3 is 2.47 bits per heavy atom. The zero-order valence-electron chi connectivity index (χ0n) is 10.6. The van der Waals surface area contributed by atoms with Crippen LogP contribution in [0.3, 0.4) is 0 Å². The third-order valence-electron chi connectivity index (χ3n) is 2.75. The van der Waals surface area contributed by atoms with E-state index in [1.165, 1.54) is 0 Å². The van der Waals surface area contributed by atoms with E-state index in [9.17, 15) is 9.59 Å². The Labute approximate surface area is 107 Å². The zero-order chi connectivity index (χ0) is 13.4. The van der Waals surface area contributed by atoms with Crippen molar-refractivity contribution in [3.63, 3.8) is 0 Å². The topological polar surface area (TPSA) is 92.4 Å². The fraction of sp³-hybridized carbons (Fsp3) is 0.818. The van der Waals surface area contributed by atoms with Crippen LogP contribution in [0.1, 0.15) is 26.7 Å². The minimum Gasteiger partial charge on any atom is -0.480 e. The van der Waals surface area contributed by atoms with Crippen molar-refractivity contribution in [3.05, 3.63) is 0 Å². The van der Waals surface area contributed by atoms with Gasteiger partial charge in [0.1, 0.15) is 6.04 Å². The second kappa shape index (κ2) is 8.36. The van der Waals surface area contributed by atoms with Gasteiger partial charge in [-0.25, -0.2) is 4.79 Å². The standard InChI is InChI=1S/C11H22N2O3S/c1-4-7(2)9(11(15)16)13-10(14)8(12)5-6-17-3/h7-9H,4-6,12H2,1-3H3,(H,13,14)(H,15,16)/t7-,8+,9+/m1/s1. The maximum Gasteiger partial charge on any atom is 0.326 e. The van der Waals surface area contributed by atoms with Gasteiger partial charge in [0.15, 0.2) is 0 Å². The minimum absolute atomic E-state index is 0.107. The van der Waals surface area contributed by atoms with Crippen LogP contribution >= 0.6 is 11.8 Å². The summed E-state index contributed by atoms with van der Waals surface area (Å²) in [5.41, 5.74) is 5.68. The lowest BCUT2D eigenvalue weighted by Crippen LogP contribution is -2.51. The summed E-state index contributed by atoms with van der Waals surface area (Å²) in [6.45, 7) is 3.69. The molecule has 0 rings (SSSR count). The highest BCUT2D eigenvalue weighted by Gasteiger charge is 2.27. The molecule has 0 aromatic heterocycles. The van der Waals surface area contributed by atoms with Crippen LogP contribution in [0, 0.1) is 5.92 Å². The molecule has 6 heteroatoms. The molecule has 0 bridgehead atoms.